The Morgan fingerprint density at radius 1 is 1.28 bits per heavy atom. The minimum Gasteiger partial charge on any atom is -0.463 e. The molecule has 3 fully saturated rings. The minimum absolute atomic E-state index is 0.00889. The van der Waals surface area contributed by atoms with Crippen molar-refractivity contribution in [3.05, 3.63) is 0 Å². The topological polar surface area (TPSA) is 52.6 Å². The quantitative estimate of drug-likeness (QED) is 0.703. The summed E-state index contributed by atoms with van der Waals surface area (Å²) in [5, 5.41) is 0. The number of cyclic esters (lactones) is 1. The fraction of sp³-hybridized carbons (Fsp3) is 0.857. The van der Waals surface area contributed by atoms with Gasteiger partial charge in [0.25, 0.3) is 0 Å². The summed E-state index contributed by atoms with van der Waals surface area (Å²) in [5.41, 5.74) is 0. The van der Waals surface area contributed by atoms with Crippen LogP contribution in [0.1, 0.15) is 33.1 Å². The van der Waals surface area contributed by atoms with Crippen molar-refractivity contribution in [3.63, 3.8) is 0 Å². The zero-order valence-corrected chi connectivity index (χ0v) is 10.9. The van der Waals surface area contributed by atoms with Crippen molar-refractivity contribution >= 4 is 11.9 Å². The highest BCUT2D eigenvalue weighted by molar-refractivity contribution is 5.81. The Hall–Kier alpha value is -1.06. The van der Waals surface area contributed by atoms with E-state index >= 15 is 0 Å². The number of rotatable bonds is 2. The molecular weight excluding hydrogens is 232 g/mol. The molecule has 1 aliphatic heterocycles. The Morgan fingerprint density at radius 2 is 2.06 bits per heavy atom. The summed E-state index contributed by atoms with van der Waals surface area (Å²) in [6.45, 7) is 4.89. The Labute approximate surface area is 107 Å². The van der Waals surface area contributed by atoms with E-state index in [1.54, 1.807) is 0 Å². The first-order chi connectivity index (χ1) is 8.58. The first-order valence-electron chi connectivity index (χ1n) is 6.95. The first-order valence-corrected chi connectivity index (χ1v) is 6.95. The van der Waals surface area contributed by atoms with Crippen LogP contribution in [-0.4, -0.2) is 24.6 Å². The molecule has 4 heteroatoms. The van der Waals surface area contributed by atoms with Gasteiger partial charge in [0, 0.05) is 6.42 Å². The Balaban J connectivity index is 1.63. The van der Waals surface area contributed by atoms with Crippen LogP contribution < -0.4 is 0 Å². The average molecular weight is 252 g/mol. The molecular formula is C14H20O4. The molecule has 0 aromatic carbocycles. The third-order valence-electron chi connectivity index (χ3n) is 5.35. The molecule has 1 heterocycles. The number of fused-ring (bicyclic) bond motifs is 2. The maximum atomic E-state index is 12.2. The highest BCUT2D eigenvalue weighted by Gasteiger charge is 2.52. The molecule has 18 heavy (non-hydrogen) atoms. The zero-order chi connectivity index (χ0) is 12.9. The van der Waals surface area contributed by atoms with Crippen LogP contribution in [0.5, 0.6) is 0 Å². The first kappa shape index (κ1) is 12.0. The van der Waals surface area contributed by atoms with Gasteiger partial charge in [0.1, 0.15) is 0 Å². The zero-order valence-electron chi connectivity index (χ0n) is 10.9. The van der Waals surface area contributed by atoms with E-state index in [4.69, 9.17) is 9.47 Å². The lowest BCUT2D eigenvalue weighted by Gasteiger charge is -2.30. The average Bonchev–Trinajstić information content (AvgIpc) is 2.99. The van der Waals surface area contributed by atoms with E-state index in [1.807, 2.05) is 0 Å². The molecule has 1 saturated heterocycles. The number of ether oxygens (including phenoxy) is 2. The van der Waals surface area contributed by atoms with Crippen LogP contribution >= 0.6 is 0 Å². The van der Waals surface area contributed by atoms with Gasteiger partial charge in [0.2, 0.25) is 6.10 Å². The molecule has 0 aromatic rings. The third-order valence-corrected chi connectivity index (χ3v) is 5.35. The fourth-order valence-electron chi connectivity index (χ4n) is 4.02. The van der Waals surface area contributed by atoms with Gasteiger partial charge in [-0.05, 0) is 36.5 Å². The van der Waals surface area contributed by atoms with E-state index in [9.17, 15) is 9.59 Å². The molecule has 2 aliphatic carbocycles. The minimum atomic E-state index is -0.649. The Bertz CT molecular complexity index is 376. The summed E-state index contributed by atoms with van der Waals surface area (Å²) >= 11 is 0. The summed E-state index contributed by atoms with van der Waals surface area (Å²) in [6, 6.07) is 0. The smallest absolute Gasteiger partial charge is 0.347 e. The van der Waals surface area contributed by atoms with Gasteiger partial charge in [0.15, 0.2) is 0 Å². The van der Waals surface area contributed by atoms with Crippen LogP contribution in [0, 0.1) is 29.6 Å². The molecule has 100 valence electrons. The molecule has 0 N–H and O–H groups in total. The largest absolute Gasteiger partial charge is 0.463 e. The van der Waals surface area contributed by atoms with Crippen molar-refractivity contribution in [2.75, 3.05) is 6.61 Å². The predicted octanol–water partition coefficient (Wildman–Crippen LogP) is 1.77. The fourth-order valence-corrected chi connectivity index (χ4v) is 4.02. The second-order valence-corrected chi connectivity index (χ2v) is 6.10. The molecule has 6 unspecified atom stereocenters. The summed E-state index contributed by atoms with van der Waals surface area (Å²) in [5.74, 6) is 1.88. The lowest BCUT2D eigenvalue weighted by Crippen LogP contribution is -2.34. The lowest BCUT2D eigenvalue weighted by atomic mass is 9.76. The third kappa shape index (κ3) is 1.73. The van der Waals surface area contributed by atoms with E-state index in [0.717, 1.165) is 18.8 Å². The molecule has 0 radical (unpaired) electrons. The summed E-state index contributed by atoms with van der Waals surface area (Å²) in [4.78, 5) is 23.5. The van der Waals surface area contributed by atoms with Gasteiger partial charge >= 0.3 is 11.9 Å². The molecule has 0 amide bonds. The van der Waals surface area contributed by atoms with Gasteiger partial charge in [-0.15, -0.1) is 0 Å². The second kappa shape index (κ2) is 4.25. The number of carbonyl (C=O) groups excluding carboxylic acids is 2. The van der Waals surface area contributed by atoms with Gasteiger partial charge in [-0.25, -0.2) is 4.79 Å². The van der Waals surface area contributed by atoms with E-state index in [-0.39, 0.29) is 17.9 Å². The molecule has 2 bridgehead atoms. The Morgan fingerprint density at radius 3 is 2.61 bits per heavy atom. The number of hydrogen-bond donors (Lipinski definition) is 0. The SMILES string of the molecule is CC1C2CC(C(=O)OC3CCOC3=O)C(C2)C1C. The highest BCUT2D eigenvalue weighted by Crippen LogP contribution is 2.55. The molecule has 0 aromatic heterocycles. The van der Waals surface area contributed by atoms with Gasteiger partial charge in [0.05, 0.1) is 12.5 Å². The second-order valence-electron chi connectivity index (χ2n) is 6.10. The van der Waals surface area contributed by atoms with Gasteiger partial charge < -0.3 is 9.47 Å². The van der Waals surface area contributed by atoms with Crippen molar-refractivity contribution in [1.29, 1.82) is 0 Å². The molecule has 3 rings (SSSR count). The molecule has 6 atom stereocenters. The van der Waals surface area contributed by atoms with Crippen LogP contribution in [0.4, 0.5) is 0 Å². The number of carbonyl (C=O) groups is 2. The van der Waals surface area contributed by atoms with Crippen molar-refractivity contribution < 1.29 is 19.1 Å². The van der Waals surface area contributed by atoms with E-state index < -0.39 is 6.10 Å². The molecule has 0 spiro atoms. The predicted molar refractivity (Wildman–Crippen MR) is 63.5 cm³/mol. The molecule has 2 saturated carbocycles. The van der Waals surface area contributed by atoms with Crippen molar-refractivity contribution in [2.45, 2.75) is 39.2 Å². The van der Waals surface area contributed by atoms with Crippen LogP contribution in [0.25, 0.3) is 0 Å². The number of esters is 2. The van der Waals surface area contributed by atoms with Crippen LogP contribution in [0.15, 0.2) is 0 Å². The van der Waals surface area contributed by atoms with Gasteiger partial charge in [-0.3, -0.25) is 4.79 Å². The van der Waals surface area contributed by atoms with Gasteiger partial charge in [-0.1, -0.05) is 13.8 Å². The summed E-state index contributed by atoms with van der Waals surface area (Å²) in [7, 11) is 0. The van der Waals surface area contributed by atoms with Crippen molar-refractivity contribution in [3.8, 4) is 0 Å². The molecule has 4 nitrogen and oxygen atoms in total. The monoisotopic (exact) mass is 252 g/mol. The summed E-state index contributed by atoms with van der Waals surface area (Å²) in [6.07, 6.45) is 1.95. The molecule has 3 aliphatic rings. The number of hydrogen-bond acceptors (Lipinski definition) is 4. The van der Waals surface area contributed by atoms with Crippen LogP contribution in [0.2, 0.25) is 0 Å². The van der Waals surface area contributed by atoms with E-state index in [2.05, 4.69) is 13.8 Å². The maximum Gasteiger partial charge on any atom is 0.347 e. The Kier molecular flexibility index (Phi) is 2.83. The standard InChI is InChI=1S/C14H20O4/c1-7-8(2)10-5-9(7)6-11(10)13(15)18-12-3-4-17-14(12)16/h7-12H,3-6H2,1-2H3. The van der Waals surface area contributed by atoms with Gasteiger partial charge in [-0.2, -0.15) is 0 Å². The van der Waals surface area contributed by atoms with Crippen LogP contribution in [0.3, 0.4) is 0 Å². The highest BCUT2D eigenvalue weighted by atomic mass is 16.6. The van der Waals surface area contributed by atoms with Crippen molar-refractivity contribution in [2.24, 2.45) is 29.6 Å². The van der Waals surface area contributed by atoms with E-state index in [0.29, 0.717) is 30.8 Å². The van der Waals surface area contributed by atoms with E-state index in [1.165, 1.54) is 0 Å². The van der Waals surface area contributed by atoms with Crippen LogP contribution in [-0.2, 0) is 19.1 Å². The normalized spacial score (nSPS) is 46.2. The summed E-state index contributed by atoms with van der Waals surface area (Å²) < 4.78 is 10.1. The lowest BCUT2D eigenvalue weighted by molar-refractivity contribution is -0.165. The van der Waals surface area contributed by atoms with Crippen molar-refractivity contribution in [1.82, 2.24) is 0 Å². The maximum absolute atomic E-state index is 12.2.